The largest absolute Gasteiger partial charge is 0.311 e. The van der Waals surface area contributed by atoms with E-state index in [-0.39, 0.29) is 5.41 Å². The van der Waals surface area contributed by atoms with Crippen molar-refractivity contribution in [3.63, 3.8) is 0 Å². The molecule has 3 heteroatoms. The van der Waals surface area contributed by atoms with E-state index in [2.05, 4.69) is 199 Å². The summed E-state index contributed by atoms with van der Waals surface area (Å²) < 4.78 is 0. The van der Waals surface area contributed by atoms with E-state index in [4.69, 9.17) is 0 Å². The summed E-state index contributed by atoms with van der Waals surface area (Å²) >= 11 is 0. The van der Waals surface area contributed by atoms with Gasteiger partial charge in [-0.2, -0.15) is 0 Å². The molecule has 3 aliphatic carbocycles. The maximum Gasteiger partial charge on any atom is 0.116 e. The van der Waals surface area contributed by atoms with Crippen LogP contribution in [0.4, 0.5) is 34.1 Å². The first-order valence-electron chi connectivity index (χ1n) is 22.7. The zero-order valence-corrected chi connectivity index (χ0v) is 36.2. The molecule has 298 valence electrons. The van der Waals surface area contributed by atoms with Crippen LogP contribution in [0.1, 0.15) is 80.4 Å². The molecule has 0 aromatic heterocycles. The van der Waals surface area contributed by atoms with E-state index < -0.39 is 8.07 Å². The Kier molecular flexibility index (Phi) is 9.42. The monoisotopic (exact) mass is 796 g/mol. The van der Waals surface area contributed by atoms with E-state index in [9.17, 15) is 0 Å². The molecule has 0 amide bonds. The fourth-order valence-electron chi connectivity index (χ4n) is 12.4. The number of hydrogen-bond donors (Lipinski definition) is 0. The molecular weight excluding hydrogens is 741 g/mol. The molecule has 7 aromatic carbocycles. The first-order valence-corrected chi connectivity index (χ1v) is 25.7. The van der Waals surface area contributed by atoms with Crippen molar-refractivity contribution in [3.8, 4) is 11.1 Å². The van der Waals surface area contributed by atoms with E-state index in [0.717, 1.165) is 5.92 Å². The summed E-state index contributed by atoms with van der Waals surface area (Å²) in [7, 11) is -1.99. The van der Waals surface area contributed by atoms with Gasteiger partial charge in [-0.25, -0.2) is 0 Å². The van der Waals surface area contributed by atoms with Gasteiger partial charge in [0.25, 0.3) is 0 Å². The molecule has 0 N–H and O–H groups in total. The van der Waals surface area contributed by atoms with Crippen molar-refractivity contribution < 1.29 is 0 Å². The second-order valence-electron chi connectivity index (χ2n) is 18.8. The van der Waals surface area contributed by atoms with Gasteiger partial charge in [-0.15, -0.1) is 0 Å². The minimum atomic E-state index is -1.99. The molecule has 2 nitrogen and oxygen atoms in total. The number of anilines is 6. The van der Waals surface area contributed by atoms with Gasteiger partial charge in [-0.3, -0.25) is 0 Å². The summed E-state index contributed by atoms with van der Waals surface area (Å²) in [6, 6.07) is 67.1. The molecular formula is C57H56N2Si. The molecule has 1 heterocycles. The summed E-state index contributed by atoms with van der Waals surface area (Å²) in [4.78, 5) is 4.98. The Labute approximate surface area is 358 Å². The predicted octanol–water partition coefficient (Wildman–Crippen LogP) is 14.6. The van der Waals surface area contributed by atoms with Crippen LogP contribution >= 0.6 is 0 Å². The summed E-state index contributed by atoms with van der Waals surface area (Å²) in [5, 5.41) is 3.10. The van der Waals surface area contributed by atoms with Crippen molar-refractivity contribution >= 4 is 52.6 Å². The predicted molar refractivity (Wildman–Crippen MR) is 256 cm³/mol. The third-order valence-corrected chi connectivity index (χ3v) is 18.7. The standard InChI is InChI=1S/C57H56N2Si/c1-60(2)55-24-13-12-21-52(55)53-22-14-23-54(56(53)60)59(50-33-26-43(27-34-50)42-15-6-3-7-16-42)51-37-31-45(32-38-51)57(40-41-25-28-46(57)39-41)44-29-35-49(36-30-44)58(47-17-8-4-9-18-47)48-19-10-5-11-20-48/h4-5,8-14,17-24,26-27,29-38,41-42,46H,3,6-7,15-16,25,28,39-40H2,1-2H3. The Morgan fingerprint density at radius 1 is 0.467 bits per heavy atom. The van der Waals surface area contributed by atoms with Gasteiger partial charge in [0, 0.05) is 39.5 Å². The highest BCUT2D eigenvalue weighted by atomic mass is 28.3. The van der Waals surface area contributed by atoms with Crippen molar-refractivity contribution in [1.82, 2.24) is 0 Å². The fourth-order valence-corrected chi connectivity index (χ4v) is 15.8. The first-order chi connectivity index (χ1) is 29.5. The van der Waals surface area contributed by atoms with Gasteiger partial charge in [0.05, 0.1) is 0 Å². The van der Waals surface area contributed by atoms with Crippen LogP contribution < -0.4 is 20.2 Å². The lowest BCUT2D eigenvalue weighted by molar-refractivity contribution is 0.320. The molecule has 7 aromatic rings. The van der Waals surface area contributed by atoms with Crippen LogP contribution in [-0.4, -0.2) is 8.07 Å². The fraction of sp³-hybridized carbons (Fsp3) is 0.263. The van der Waals surface area contributed by atoms with E-state index in [1.807, 2.05) is 0 Å². The van der Waals surface area contributed by atoms with Crippen LogP contribution in [0.5, 0.6) is 0 Å². The SMILES string of the molecule is C[Si]1(C)c2ccccc2-c2cccc(N(c3ccc(C4CCCCC4)cc3)c3ccc(C4(c5ccc(N(c6ccccc6)c6ccccc6)cc5)CC5CCC4C5)cc3)c21. The van der Waals surface area contributed by atoms with Crippen LogP contribution in [0.2, 0.25) is 13.1 Å². The molecule has 3 unspecified atom stereocenters. The van der Waals surface area contributed by atoms with Crippen LogP contribution in [0, 0.1) is 11.8 Å². The van der Waals surface area contributed by atoms with Crippen molar-refractivity contribution in [2.45, 2.75) is 82.2 Å². The molecule has 4 aliphatic rings. The van der Waals surface area contributed by atoms with Gasteiger partial charge >= 0.3 is 0 Å². The third kappa shape index (κ3) is 6.19. The van der Waals surface area contributed by atoms with E-state index in [1.165, 1.54) is 120 Å². The molecule has 0 radical (unpaired) electrons. The number of hydrogen-bond acceptors (Lipinski definition) is 2. The lowest BCUT2D eigenvalue weighted by Gasteiger charge is -2.40. The molecule has 0 spiro atoms. The number of benzene rings is 7. The van der Waals surface area contributed by atoms with Gasteiger partial charge in [0.2, 0.25) is 0 Å². The summed E-state index contributed by atoms with van der Waals surface area (Å²) in [5.41, 5.74) is 14.7. The second kappa shape index (κ2) is 15.1. The van der Waals surface area contributed by atoms with E-state index >= 15 is 0 Å². The molecule has 3 atom stereocenters. The Morgan fingerprint density at radius 3 is 1.58 bits per heavy atom. The molecule has 3 fully saturated rings. The summed E-state index contributed by atoms with van der Waals surface area (Å²) in [6.45, 7) is 5.11. The van der Waals surface area contributed by atoms with Crippen LogP contribution in [0.15, 0.2) is 176 Å². The Morgan fingerprint density at radius 2 is 1.00 bits per heavy atom. The molecule has 3 saturated carbocycles. The van der Waals surface area contributed by atoms with Crippen molar-refractivity contribution in [2.24, 2.45) is 11.8 Å². The third-order valence-electron chi connectivity index (χ3n) is 15.2. The normalized spacial score (nSPS) is 21.4. The van der Waals surface area contributed by atoms with Gasteiger partial charge < -0.3 is 9.80 Å². The topological polar surface area (TPSA) is 6.48 Å². The van der Waals surface area contributed by atoms with Crippen molar-refractivity contribution in [1.29, 1.82) is 0 Å². The number of fused-ring (bicyclic) bond motifs is 5. The van der Waals surface area contributed by atoms with Crippen molar-refractivity contribution in [2.75, 3.05) is 9.80 Å². The van der Waals surface area contributed by atoms with E-state index in [0.29, 0.717) is 11.8 Å². The summed E-state index contributed by atoms with van der Waals surface area (Å²) in [5.74, 6) is 2.14. The van der Waals surface area contributed by atoms with Crippen LogP contribution in [0.3, 0.4) is 0 Å². The van der Waals surface area contributed by atoms with Gasteiger partial charge in [-0.05, 0) is 155 Å². The minimum Gasteiger partial charge on any atom is -0.311 e. The van der Waals surface area contributed by atoms with E-state index in [1.54, 1.807) is 10.4 Å². The summed E-state index contributed by atoms with van der Waals surface area (Å²) in [6.07, 6.45) is 12.0. The number of para-hydroxylation sites is 2. The lowest BCUT2D eigenvalue weighted by Crippen LogP contribution is -2.50. The average Bonchev–Trinajstić information content (AvgIpc) is 4.00. The quantitative estimate of drug-likeness (QED) is 0.134. The highest BCUT2D eigenvalue weighted by Crippen LogP contribution is 2.60. The number of rotatable bonds is 9. The first kappa shape index (κ1) is 37.4. The minimum absolute atomic E-state index is 0.0152. The lowest BCUT2D eigenvalue weighted by atomic mass is 9.64. The zero-order chi connectivity index (χ0) is 40.3. The Balaban J connectivity index is 0.998. The number of nitrogens with zero attached hydrogens (tertiary/aromatic N) is 2. The second-order valence-corrected chi connectivity index (χ2v) is 23.1. The van der Waals surface area contributed by atoms with Gasteiger partial charge in [0.1, 0.15) is 8.07 Å². The molecule has 11 rings (SSSR count). The highest BCUT2D eigenvalue weighted by Gasteiger charge is 2.53. The Hall–Kier alpha value is -5.64. The smallest absolute Gasteiger partial charge is 0.116 e. The Bertz CT molecular complexity index is 2570. The zero-order valence-electron chi connectivity index (χ0n) is 35.2. The highest BCUT2D eigenvalue weighted by molar-refractivity contribution is 7.04. The van der Waals surface area contributed by atoms with Gasteiger partial charge in [-0.1, -0.05) is 148 Å². The molecule has 2 bridgehead atoms. The molecule has 60 heavy (non-hydrogen) atoms. The van der Waals surface area contributed by atoms with Gasteiger partial charge in [0.15, 0.2) is 0 Å². The van der Waals surface area contributed by atoms with Crippen LogP contribution in [0.25, 0.3) is 11.1 Å². The maximum absolute atomic E-state index is 2.60. The maximum atomic E-state index is 2.60. The van der Waals surface area contributed by atoms with Crippen LogP contribution in [-0.2, 0) is 5.41 Å². The average molecular weight is 797 g/mol. The molecule has 1 aliphatic heterocycles. The van der Waals surface area contributed by atoms with Crippen molar-refractivity contribution in [3.05, 3.63) is 193 Å². The molecule has 0 saturated heterocycles.